The van der Waals surface area contributed by atoms with Crippen LogP contribution in [0.15, 0.2) is 76.6 Å². The van der Waals surface area contributed by atoms with E-state index in [1.54, 1.807) is 74.7 Å². The average Bonchev–Trinajstić information content (AvgIpc) is 2.68. The number of methoxy groups -OCH3 is 1. The number of phenolic OH excluding ortho intramolecular Hbond substituents is 1. The molecule has 0 heterocycles. The topological polar surface area (TPSA) is 88.0 Å². The Morgan fingerprint density at radius 1 is 1.04 bits per heavy atom. The maximum Gasteiger partial charge on any atom is 0.262 e. The third kappa shape index (κ3) is 4.50. The van der Waals surface area contributed by atoms with Crippen molar-refractivity contribution in [2.45, 2.75) is 11.8 Å². The van der Waals surface area contributed by atoms with Gasteiger partial charge in [0.25, 0.3) is 10.0 Å². The minimum Gasteiger partial charge on any atom is -0.507 e. The van der Waals surface area contributed by atoms with Gasteiger partial charge in [-0.15, -0.1) is 0 Å². The van der Waals surface area contributed by atoms with Crippen LogP contribution in [0.25, 0.3) is 0 Å². The van der Waals surface area contributed by atoms with Gasteiger partial charge in [-0.05, 0) is 61.0 Å². The molecule has 0 bridgehead atoms. The zero-order valence-corrected chi connectivity index (χ0v) is 16.3. The highest BCUT2D eigenvalue weighted by molar-refractivity contribution is 7.92. The second-order valence-electron chi connectivity index (χ2n) is 6.10. The normalized spacial score (nSPS) is 11.5. The predicted molar refractivity (Wildman–Crippen MR) is 110 cm³/mol. The van der Waals surface area contributed by atoms with E-state index in [-0.39, 0.29) is 10.6 Å². The Balaban J connectivity index is 1.88. The van der Waals surface area contributed by atoms with Crippen molar-refractivity contribution in [3.8, 4) is 11.5 Å². The summed E-state index contributed by atoms with van der Waals surface area (Å²) < 4.78 is 33.3. The SMILES string of the molecule is COc1ccc(NS(=O)(=O)c2cc(N=Cc3ccccc3O)ccc2C)cc1. The lowest BCUT2D eigenvalue weighted by Gasteiger charge is -2.11. The lowest BCUT2D eigenvalue weighted by Crippen LogP contribution is -2.14. The minimum atomic E-state index is -3.79. The van der Waals surface area contributed by atoms with Gasteiger partial charge in [-0.1, -0.05) is 18.2 Å². The molecule has 0 atom stereocenters. The summed E-state index contributed by atoms with van der Waals surface area (Å²) >= 11 is 0. The lowest BCUT2D eigenvalue weighted by molar-refractivity contribution is 0.415. The van der Waals surface area contributed by atoms with E-state index in [0.29, 0.717) is 28.3 Å². The molecule has 0 aliphatic rings. The number of phenols is 1. The second kappa shape index (κ2) is 8.14. The number of nitrogens with zero attached hydrogens (tertiary/aromatic N) is 1. The molecule has 0 aliphatic heterocycles. The Morgan fingerprint density at radius 2 is 1.75 bits per heavy atom. The summed E-state index contributed by atoms with van der Waals surface area (Å²) in [6.07, 6.45) is 1.49. The largest absolute Gasteiger partial charge is 0.507 e. The fourth-order valence-corrected chi connectivity index (χ4v) is 3.89. The Hall–Kier alpha value is -3.32. The van der Waals surface area contributed by atoms with E-state index in [4.69, 9.17) is 4.74 Å². The molecule has 144 valence electrons. The van der Waals surface area contributed by atoms with Crippen molar-refractivity contribution in [1.82, 2.24) is 0 Å². The maximum absolute atomic E-state index is 12.8. The summed E-state index contributed by atoms with van der Waals surface area (Å²) in [6.45, 7) is 1.72. The van der Waals surface area contributed by atoms with Crippen LogP contribution in [0.4, 0.5) is 11.4 Å². The Labute approximate surface area is 164 Å². The molecule has 0 aromatic heterocycles. The van der Waals surface area contributed by atoms with E-state index in [1.165, 1.54) is 12.3 Å². The van der Waals surface area contributed by atoms with Gasteiger partial charge in [0, 0.05) is 17.5 Å². The number of benzene rings is 3. The molecule has 0 saturated heterocycles. The van der Waals surface area contributed by atoms with Gasteiger partial charge in [0.15, 0.2) is 0 Å². The highest BCUT2D eigenvalue weighted by Crippen LogP contribution is 2.25. The molecule has 0 amide bonds. The van der Waals surface area contributed by atoms with Crippen molar-refractivity contribution >= 4 is 27.6 Å². The average molecular weight is 396 g/mol. The molecule has 0 saturated carbocycles. The number of hydrogen-bond donors (Lipinski definition) is 2. The molecule has 0 aliphatic carbocycles. The molecule has 3 rings (SSSR count). The second-order valence-corrected chi connectivity index (χ2v) is 7.75. The van der Waals surface area contributed by atoms with Gasteiger partial charge in [0.1, 0.15) is 11.5 Å². The van der Waals surface area contributed by atoms with Crippen molar-refractivity contribution in [1.29, 1.82) is 0 Å². The number of para-hydroxylation sites is 1. The molecule has 0 spiro atoms. The number of aryl methyl sites for hydroxylation is 1. The Kier molecular flexibility index (Phi) is 5.65. The minimum absolute atomic E-state index is 0.104. The van der Waals surface area contributed by atoms with Crippen LogP contribution >= 0.6 is 0 Å². The van der Waals surface area contributed by atoms with Gasteiger partial charge >= 0.3 is 0 Å². The van der Waals surface area contributed by atoms with Crippen LogP contribution in [0, 0.1) is 6.92 Å². The summed E-state index contributed by atoms with van der Waals surface area (Å²) in [6, 6.07) is 18.3. The molecule has 0 radical (unpaired) electrons. The van der Waals surface area contributed by atoms with Crippen molar-refractivity contribution in [2.24, 2.45) is 4.99 Å². The predicted octanol–water partition coefficient (Wildman–Crippen LogP) is 4.26. The van der Waals surface area contributed by atoms with Crippen LogP contribution in [0.1, 0.15) is 11.1 Å². The molecular weight excluding hydrogens is 376 g/mol. The number of sulfonamides is 1. The van der Waals surface area contributed by atoms with Crippen LogP contribution in [0.2, 0.25) is 0 Å². The van der Waals surface area contributed by atoms with Gasteiger partial charge in [0.05, 0.1) is 17.7 Å². The third-order valence-corrected chi connectivity index (χ3v) is 5.62. The highest BCUT2D eigenvalue weighted by atomic mass is 32.2. The first-order chi connectivity index (χ1) is 13.4. The van der Waals surface area contributed by atoms with Crippen LogP contribution in [-0.2, 0) is 10.0 Å². The van der Waals surface area contributed by atoms with E-state index >= 15 is 0 Å². The number of hydrogen-bond acceptors (Lipinski definition) is 5. The van der Waals surface area contributed by atoms with Gasteiger partial charge in [-0.2, -0.15) is 0 Å². The molecule has 3 aromatic carbocycles. The fraction of sp³-hybridized carbons (Fsp3) is 0.0952. The van der Waals surface area contributed by atoms with Crippen LogP contribution in [-0.4, -0.2) is 26.8 Å². The van der Waals surface area contributed by atoms with E-state index in [9.17, 15) is 13.5 Å². The van der Waals surface area contributed by atoms with Gasteiger partial charge < -0.3 is 9.84 Å². The molecule has 28 heavy (non-hydrogen) atoms. The van der Waals surface area contributed by atoms with E-state index in [2.05, 4.69) is 9.71 Å². The fourth-order valence-electron chi connectivity index (χ4n) is 2.57. The number of aliphatic imine (C=N–C) groups is 1. The Bertz CT molecular complexity index is 1110. The molecule has 2 N–H and O–H groups in total. The molecule has 7 heteroatoms. The van der Waals surface area contributed by atoms with Gasteiger partial charge in [-0.3, -0.25) is 9.71 Å². The van der Waals surface area contributed by atoms with Crippen molar-refractivity contribution in [2.75, 3.05) is 11.8 Å². The highest BCUT2D eigenvalue weighted by Gasteiger charge is 2.17. The van der Waals surface area contributed by atoms with Crippen molar-refractivity contribution in [3.05, 3.63) is 77.9 Å². The molecule has 0 fully saturated rings. The first-order valence-corrected chi connectivity index (χ1v) is 9.97. The molecule has 6 nitrogen and oxygen atoms in total. The zero-order chi connectivity index (χ0) is 20.1. The maximum atomic E-state index is 12.8. The number of aromatic hydroxyl groups is 1. The number of ether oxygens (including phenoxy) is 1. The lowest BCUT2D eigenvalue weighted by atomic mass is 10.2. The summed E-state index contributed by atoms with van der Waals surface area (Å²) in [4.78, 5) is 4.42. The first-order valence-electron chi connectivity index (χ1n) is 8.48. The Morgan fingerprint density at radius 3 is 2.43 bits per heavy atom. The van der Waals surface area contributed by atoms with Crippen LogP contribution in [0.3, 0.4) is 0 Å². The number of anilines is 1. The number of rotatable bonds is 6. The van der Waals surface area contributed by atoms with E-state index in [0.717, 1.165) is 0 Å². The van der Waals surface area contributed by atoms with Crippen molar-refractivity contribution in [3.63, 3.8) is 0 Å². The first kappa shape index (κ1) is 19.4. The molecule has 0 unspecified atom stereocenters. The summed E-state index contributed by atoms with van der Waals surface area (Å²) in [5, 5.41) is 9.81. The standard InChI is InChI=1S/C21H20N2O4S/c1-15-7-8-18(22-14-16-5-3-4-6-20(16)24)13-21(15)28(25,26)23-17-9-11-19(27-2)12-10-17/h3-14,23-24H,1-2H3. The summed E-state index contributed by atoms with van der Waals surface area (Å²) in [7, 11) is -2.25. The summed E-state index contributed by atoms with van der Waals surface area (Å²) in [5.41, 5.74) is 2.04. The quantitative estimate of drug-likeness (QED) is 0.610. The van der Waals surface area contributed by atoms with Gasteiger partial charge in [0.2, 0.25) is 0 Å². The zero-order valence-electron chi connectivity index (χ0n) is 15.5. The third-order valence-electron chi connectivity index (χ3n) is 4.09. The van der Waals surface area contributed by atoms with Gasteiger partial charge in [-0.25, -0.2) is 8.42 Å². The monoisotopic (exact) mass is 396 g/mol. The van der Waals surface area contributed by atoms with E-state index < -0.39 is 10.0 Å². The van der Waals surface area contributed by atoms with Crippen molar-refractivity contribution < 1.29 is 18.3 Å². The van der Waals surface area contributed by atoms with Crippen LogP contribution in [0.5, 0.6) is 11.5 Å². The smallest absolute Gasteiger partial charge is 0.262 e. The molecular formula is C21H20N2O4S. The molecule has 3 aromatic rings. The summed E-state index contributed by atoms with van der Waals surface area (Å²) in [5.74, 6) is 0.743. The van der Waals surface area contributed by atoms with E-state index in [1.807, 2.05) is 0 Å². The number of nitrogens with one attached hydrogen (secondary N) is 1. The van der Waals surface area contributed by atoms with Crippen LogP contribution < -0.4 is 9.46 Å².